The molecule has 0 saturated heterocycles. The topological polar surface area (TPSA) is 72.8 Å². The molecule has 1 aromatic carbocycles. The SMILES string of the molecule is CCCCCCC(C)C(O)C(OC(=O)c1ccccc1)C(CCCCCC)C(=O)OC. The average Bonchev–Trinajstić information content (AvgIpc) is 2.80. The van der Waals surface area contributed by atoms with Gasteiger partial charge < -0.3 is 14.6 Å². The maximum absolute atomic E-state index is 12.8. The van der Waals surface area contributed by atoms with Crippen molar-refractivity contribution in [3.8, 4) is 0 Å². The molecule has 176 valence electrons. The van der Waals surface area contributed by atoms with Gasteiger partial charge in [0.1, 0.15) is 6.10 Å². The van der Waals surface area contributed by atoms with Gasteiger partial charge in [0.15, 0.2) is 0 Å². The summed E-state index contributed by atoms with van der Waals surface area (Å²) in [6, 6.07) is 8.71. The minimum Gasteiger partial charge on any atom is -0.469 e. The second-order valence-electron chi connectivity index (χ2n) is 8.53. The van der Waals surface area contributed by atoms with Gasteiger partial charge in [-0.15, -0.1) is 0 Å². The summed E-state index contributed by atoms with van der Waals surface area (Å²) in [5.41, 5.74) is 0.407. The maximum atomic E-state index is 12.8. The van der Waals surface area contributed by atoms with Crippen LogP contribution in [0.3, 0.4) is 0 Å². The summed E-state index contributed by atoms with van der Waals surface area (Å²) in [6.07, 6.45) is 7.91. The third-order valence-electron chi connectivity index (χ3n) is 5.95. The number of carbonyl (C=O) groups excluding carboxylic acids is 2. The molecule has 1 rings (SSSR count). The Morgan fingerprint density at radius 1 is 0.903 bits per heavy atom. The Balaban J connectivity index is 3.01. The Morgan fingerprint density at radius 3 is 2.03 bits per heavy atom. The number of rotatable bonds is 16. The first-order valence-corrected chi connectivity index (χ1v) is 12.0. The fraction of sp³-hybridized carbons (Fsp3) is 0.692. The number of aliphatic hydroxyl groups excluding tert-OH is 1. The van der Waals surface area contributed by atoms with E-state index in [1.165, 1.54) is 7.11 Å². The van der Waals surface area contributed by atoms with Gasteiger partial charge in [0.25, 0.3) is 0 Å². The van der Waals surface area contributed by atoms with Crippen LogP contribution in [0.2, 0.25) is 0 Å². The molecule has 5 heteroatoms. The minimum absolute atomic E-state index is 0.0896. The van der Waals surface area contributed by atoms with Crippen molar-refractivity contribution < 1.29 is 24.2 Å². The van der Waals surface area contributed by atoms with Gasteiger partial charge in [0.05, 0.1) is 24.7 Å². The first-order valence-electron chi connectivity index (χ1n) is 12.0. The second kappa shape index (κ2) is 15.9. The summed E-state index contributed by atoms with van der Waals surface area (Å²) in [6.45, 7) is 6.26. The number of benzene rings is 1. The molecule has 0 bridgehead atoms. The van der Waals surface area contributed by atoms with Crippen molar-refractivity contribution in [2.45, 2.75) is 97.2 Å². The van der Waals surface area contributed by atoms with E-state index >= 15 is 0 Å². The van der Waals surface area contributed by atoms with E-state index in [1.807, 2.05) is 13.0 Å². The molecule has 5 nitrogen and oxygen atoms in total. The Kier molecular flexibility index (Phi) is 13.9. The number of carbonyl (C=O) groups is 2. The molecule has 31 heavy (non-hydrogen) atoms. The van der Waals surface area contributed by atoms with Gasteiger partial charge >= 0.3 is 11.9 Å². The zero-order valence-corrected chi connectivity index (χ0v) is 19.8. The van der Waals surface area contributed by atoms with Gasteiger partial charge in [0.2, 0.25) is 0 Å². The highest BCUT2D eigenvalue weighted by Gasteiger charge is 2.39. The van der Waals surface area contributed by atoms with E-state index < -0.39 is 30.1 Å². The molecule has 0 radical (unpaired) electrons. The van der Waals surface area contributed by atoms with Crippen molar-refractivity contribution in [1.29, 1.82) is 0 Å². The van der Waals surface area contributed by atoms with Crippen LogP contribution in [0.4, 0.5) is 0 Å². The molecule has 0 heterocycles. The zero-order chi connectivity index (χ0) is 23.1. The van der Waals surface area contributed by atoms with Gasteiger partial charge in [-0.3, -0.25) is 4.79 Å². The van der Waals surface area contributed by atoms with Crippen LogP contribution in [-0.4, -0.2) is 36.4 Å². The fourth-order valence-corrected chi connectivity index (χ4v) is 3.90. The van der Waals surface area contributed by atoms with Gasteiger partial charge in [-0.1, -0.05) is 90.3 Å². The molecule has 0 amide bonds. The summed E-state index contributed by atoms with van der Waals surface area (Å²) in [5.74, 6) is -1.72. The Labute approximate surface area is 188 Å². The first-order chi connectivity index (χ1) is 15.0. The first kappa shape index (κ1) is 27.2. The number of unbranched alkanes of at least 4 members (excludes halogenated alkanes) is 6. The molecule has 1 aromatic rings. The summed E-state index contributed by atoms with van der Waals surface area (Å²) in [5, 5.41) is 11.2. The van der Waals surface area contributed by atoms with Crippen LogP contribution < -0.4 is 0 Å². The van der Waals surface area contributed by atoms with Crippen LogP contribution in [0.1, 0.15) is 95.3 Å². The van der Waals surface area contributed by atoms with Gasteiger partial charge in [0, 0.05) is 0 Å². The molecular weight excluding hydrogens is 392 g/mol. The second-order valence-corrected chi connectivity index (χ2v) is 8.53. The van der Waals surface area contributed by atoms with Crippen molar-refractivity contribution in [3.05, 3.63) is 35.9 Å². The van der Waals surface area contributed by atoms with Crippen molar-refractivity contribution in [2.75, 3.05) is 7.11 Å². The molecule has 4 atom stereocenters. The molecular formula is C26H42O5. The molecule has 0 saturated carbocycles. The molecule has 1 N–H and O–H groups in total. The van der Waals surface area contributed by atoms with E-state index in [-0.39, 0.29) is 5.92 Å². The number of hydrogen-bond donors (Lipinski definition) is 1. The number of esters is 2. The molecule has 0 aromatic heterocycles. The third-order valence-corrected chi connectivity index (χ3v) is 5.95. The van der Waals surface area contributed by atoms with Crippen LogP contribution in [0.25, 0.3) is 0 Å². The summed E-state index contributed by atoms with van der Waals surface area (Å²) < 4.78 is 10.8. The normalized spacial score (nSPS) is 15.0. The minimum atomic E-state index is -0.928. The van der Waals surface area contributed by atoms with Crippen molar-refractivity contribution >= 4 is 11.9 Å². The van der Waals surface area contributed by atoms with E-state index in [0.29, 0.717) is 12.0 Å². The highest BCUT2D eigenvalue weighted by atomic mass is 16.6. The summed E-state index contributed by atoms with van der Waals surface area (Å²) in [4.78, 5) is 25.4. The molecule has 4 unspecified atom stereocenters. The lowest BCUT2D eigenvalue weighted by Crippen LogP contribution is -2.45. The van der Waals surface area contributed by atoms with Crippen LogP contribution in [0.15, 0.2) is 30.3 Å². The van der Waals surface area contributed by atoms with Crippen LogP contribution in [0, 0.1) is 11.8 Å². The maximum Gasteiger partial charge on any atom is 0.338 e. The quantitative estimate of drug-likeness (QED) is 0.257. The van der Waals surface area contributed by atoms with E-state index in [1.54, 1.807) is 24.3 Å². The number of ether oxygens (including phenoxy) is 2. The largest absolute Gasteiger partial charge is 0.469 e. The van der Waals surface area contributed by atoms with Gasteiger partial charge in [-0.2, -0.15) is 0 Å². The Morgan fingerprint density at radius 2 is 1.48 bits per heavy atom. The van der Waals surface area contributed by atoms with Crippen molar-refractivity contribution in [3.63, 3.8) is 0 Å². The average molecular weight is 435 g/mol. The Hall–Kier alpha value is -1.88. The summed E-state index contributed by atoms with van der Waals surface area (Å²) >= 11 is 0. The van der Waals surface area contributed by atoms with Gasteiger partial charge in [-0.25, -0.2) is 4.79 Å². The molecule has 0 fully saturated rings. The van der Waals surface area contributed by atoms with E-state index in [4.69, 9.17) is 9.47 Å². The third kappa shape index (κ3) is 9.86. The molecule has 0 aliphatic carbocycles. The van der Waals surface area contributed by atoms with Gasteiger partial charge in [-0.05, 0) is 30.9 Å². The van der Waals surface area contributed by atoms with E-state index in [2.05, 4.69) is 13.8 Å². The molecule has 0 aliphatic heterocycles. The highest BCUT2D eigenvalue weighted by Crippen LogP contribution is 2.28. The van der Waals surface area contributed by atoms with E-state index in [9.17, 15) is 14.7 Å². The van der Waals surface area contributed by atoms with Crippen molar-refractivity contribution in [1.82, 2.24) is 0 Å². The highest BCUT2D eigenvalue weighted by molar-refractivity contribution is 5.89. The predicted octanol–water partition coefficient (Wildman–Crippen LogP) is 5.94. The zero-order valence-electron chi connectivity index (χ0n) is 19.8. The van der Waals surface area contributed by atoms with Crippen LogP contribution in [-0.2, 0) is 14.3 Å². The van der Waals surface area contributed by atoms with Crippen LogP contribution >= 0.6 is 0 Å². The number of aliphatic hydroxyl groups is 1. The Bertz CT molecular complexity index is 615. The lowest BCUT2D eigenvalue weighted by molar-refractivity contribution is -0.155. The fourth-order valence-electron chi connectivity index (χ4n) is 3.90. The monoisotopic (exact) mass is 434 g/mol. The lowest BCUT2D eigenvalue weighted by Gasteiger charge is -2.32. The van der Waals surface area contributed by atoms with Crippen molar-refractivity contribution in [2.24, 2.45) is 11.8 Å². The summed E-state index contributed by atoms with van der Waals surface area (Å²) in [7, 11) is 1.35. The van der Waals surface area contributed by atoms with E-state index in [0.717, 1.165) is 57.8 Å². The molecule has 0 spiro atoms. The number of methoxy groups -OCH3 is 1. The lowest BCUT2D eigenvalue weighted by atomic mass is 9.85. The standard InChI is InChI=1S/C26H42O5/c1-5-7-9-12-16-20(3)23(27)24(31-25(28)21-17-13-11-14-18-21)22(26(29)30-4)19-15-10-8-6-2/h11,13-14,17-18,20,22-24,27H,5-10,12,15-16,19H2,1-4H3. The predicted molar refractivity (Wildman–Crippen MR) is 124 cm³/mol. The smallest absolute Gasteiger partial charge is 0.338 e. The van der Waals surface area contributed by atoms with Crippen LogP contribution in [0.5, 0.6) is 0 Å². The molecule has 0 aliphatic rings. The number of hydrogen-bond acceptors (Lipinski definition) is 5.